The molecule has 0 atom stereocenters. The first-order valence-electron chi connectivity index (χ1n) is 6.01. The van der Waals surface area contributed by atoms with Gasteiger partial charge in [0.2, 0.25) is 5.91 Å². The number of amides is 1. The fourth-order valence-corrected chi connectivity index (χ4v) is 2.12. The van der Waals surface area contributed by atoms with Crippen LogP contribution in [0.15, 0.2) is 53.0 Å². The monoisotopic (exact) mass is 332 g/mol. The third-order valence-electron chi connectivity index (χ3n) is 2.72. The van der Waals surface area contributed by atoms with Gasteiger partial charge < -0.3 is 11.1 Å². The highest BCUT2D eigenvalue weighted by Gasteiger charge is 2.15. The van der Waals surface area contributed by atoms with Crippen LogP contribution in [0, 0.1) is 0 Å². The SMILES string of the molecule is NCC(=O)Nc1ccc(Br)cc1C(=O)c1ccccc1. The molecule has 2 rings (SSSR count). The van der Waals surface area contributed by atoms with Gasteiger partial charge in [0.15, 0.2) is 5.78 Å². The summed E-state index contributed by atoms with van der Waals surface area (Å²) in [5.74, 6) is -0.492. The molecule has 0 unspecified atom stereocenters. The Hall–Kier alpha value is -1.98. The molecule has 0 heterocycles. The third-order valence-corrected chi connectivity index (χ3v) is 3.21. The van der Waals surface area contributed by atoms with Crippen molar-refractivity contribution < 1.29 is 9.59 Å². The van der Waals surface area contributed by atoms with Gasteiger partial charge >= 0.3 is 0 Å². The number of carbonyl (C=O) groups excluding carboxylic acids is 2. The Balaban J connectivity index is 2.41. The summed E-state index contributed by atoms with van der Waals surface area (Å²) >= 11 is 3.33. The number of rotatable bonds is 4. The molecular weight excluding hydrogens is 320 g/mol. The summed E-state index contributed by atoms with van der Waals surface area (Å²) in [4.78, 5) is 23.9. The Morgan fingerprint density at radius 3 is 2.45 bits per heavy atom. The first-order valence-corrected chi connectivity index (χ1v) is 6.80. The van der Waals surface area contributed by atoms with Gasteiger partial charge in [-0.25, -0.2) is 0 Å². The van der Waals surface area contributed by atoms with E-state index in [1.807, 2.05) is 6.07 Å². The molecule has 0 aliphatic rings. The molecule has 2 aromatic carbocycles. The molecule has 4 nitrogen and oxygen atoms in total. The van der Waals surface area contributed by atoms with Crippen LogP contribution < -0.4 is 11.1 Å². The van der Waals surface area contributed by atoms with E-state index in [1.54, 1.807) is 42.5 Å². The first kappa shape index (κ1) is 14.4. The van der Waals surface area contributed by atoms with E-state index >= 15 is 0 Å². The van der Waals surface area contributed by atoms with Gasteiger partial charge in [-0.3, -0.25) is 9.59 Å². The molecule has 20 heavy (non-hydrogen) atoms. The lowest BCUT2D eigenvalue weighted by Crippen LogP contribution is -2.23. The second kappa shape index (κ2) is 6.45. The number of anilines is 1. The summed E-state index contributed by atoms with van der Waals surface area (Å²) in [6.07, 6.45) is 0. The van der Waals surface area contributed by atoms with E-state index in [-0.39, 0.29) is 18.2 Å². The first-order chi connectivity index (χ1) is 9.61. The highest BCUT2D eigenvalue weighted by Crippen LogP contribution is 2.23. The van der Waals surface area contributed by atoms with Crippen molar-refractivity contribution in [3.05, 3.63) is 64.1 Å². The maximum atomic E-state index is 12.5. The molecule has 0 saturated carbocycles. The van der Waals surface area contributed by atoms with Crippen molar-refractivity contribution in [3.8, 4) is 0 Å². The summed E-state index contributed by atoms with van der Waals surface area (Å²) in [6, 6.07) is 14.0. The van der Waals surface area contributed by atoms with Gasteiger partial charge in [0.05, 0.1) is 12.2 Å². The molecule has 102 valence electrons. The third kappa shape index (κ3) is 3.31. The molecule has 0 radical (unpaired) electrons. The molecule has 0 aromatic heterocycles. The summed E-state index contributed by atoms with van der Waals surface area (Å²) in [5.41, 5.74) is 6.72. The maximum absolute atomic E-state index is 12.5. The second-order valence-electron chi connectivity index (χ2n) is 4.14. The molecule has 5 heteroatoms. The van der Waals surface area contributed by atoms with Crippen LogP contribution in [-0.2, 0) is 4.79 Å². The van der Waals surface area contributed by atoms with Crippen molar-refractivity contribution in [1.29, 1.82) is 0 Å². The van der Waals surface area contributed by atoms with Gasteiger partial charge in [-0.1, -0.05) is 46.3 Å². The lowest BCUT2D eigenvalue weighted by molar-refractivity contribution is -0.114. The standard InChI is InChI=1S/C15H13BrN2O2/c16-11-6-7-13(18-14(19)9-17)12(8-11)15(20)10-4-2-1-3-5-10/h1-8H,9,17H2,(H,18,19). The van der Waals surface area contributed by atoms with E-state index in [9.17, 15) is 9.59 Å². The average molecular weight is 333 g/mol. The fraction of sp³-hybridized carbons (Fsp3) is 0.0667. The summed E-state index contributed by atoms with van der Waals surface area (Å²) in [6.45, 7) is -0.130. The van der Waals surface area contributed by atoms with Crippen molar-refractivity contribution in [2.24, 2.45) is 5.73 Å². The summed E-state index contributed by atoms with van der Waals surface area (Å²) in [7, 11) is 0. The minimum atomic E-state index is -0.338. The Labute approximate surface area is 125 Å². The van der Waals surface area contributed by atoms with E-state index in [1.165, 1.54) is 0 Å². The number of carbonyl (C=O) groups is 2. The molecule has 0 saturated heterocycles. The van der Waals surface area contributed by atoms with E-state index in [4.69, 9.17) is 5.73 Å². The normalized spacial score (nSPS) is 10.1. The van der Waals surface area contributed by atoms with E-state index in [0.717, 1.165) is 4.47 Å². The van der Waals surface area contributed by atoms with Crippen molar-refractivity contribution in [1.82, 2.24) is 0 Å². The minimum Gasteiger partial charge on any atom is -0.324 e. The van der Waals surface area contributed by atoms with Crippen LogP contribution in [-0.4, -0.2) is 18.2 Å². The maximum Gasteiger partial charge on any atom is 0.238 e. The number of benzene rings is 2. The molecule has 0 bridgehead atoms. The second-order valence-corrected chi connectivity index (χ2v) is 5.05. The van der Waals surface area contributed by atoms with Gasteiger partial charge in [-0.2, -0.15) is 0 Å². The smallest absolute Gasteiger partial charge is 0.238 e. The molecule has 0 aliphatic heterocycles. The summed E-state index contributed by atoms with van der Waals surface area (Å²) < 4.78 is 0.766. The Morgan fingerprint density at radius 2 is 1.80 bits per heavy atom. The number of hydrogen-bond acceptors (Lipinski definition) is 3. The van der Waals surface area contributed by atoms with E-state index in [0.29, 0.717) is 16.8 Å². The largest absolute Gasteiger partial charge is 0.324 e. The van der Waals surface area contributed by atoms with Gasteiger partial charge in [0.1, 0.15) is 0 Å². The average Bonchev–Trinajstić information content (AvgIpc) is 2.49. The van der Waals surface area contributed by atoms with Gasteiger partial charge in [0, 0.05) is 15.6 Å². The van der Waals surface area contributed by atoms with Crippen LogP contribution in [0.3, 0.4) is 0 Å². The van der Waals surface area contributed by atoms with Crippen molar-refractivity contribution >= 4 is 33.3 Å². The van der Waals surface area contributed by atoms with Crippen LogP contribution in [0.5, 0.6) is 0 Å². The van der Waals surface area contributed by atoms with Crippen molar-refractivity contribution in [3.63, 3.8) is 0 Å². The Kier molecular flexibility index (Phi) is 4.65. The zero-order chi connectivity index (χ0) is 14.5. The van der Waals surface area contributed by atoms with Gasteiger partial charge in [0.25, 0.3) is 0 Å². The number of halogens is 1. The van der Waals surface area contributed by atoms with Crippen LogP contribution in [0.1, 0.15) is 15.9 Å². The van der Waals surface area contributed by atoms with Crippen molar-refractivity contribution in [2.75, 3.05) is 11.9 Å². The molecular formula is C15H13BrN2O2. The molecule has 3 N–H and O–H groups in total. The Morgan fingerprint density at radius 1 is 1.10 bits per heavy atom. The van der Waals surface area contributed by atoms with Gasteiger partial charge in [-0.05, 0) is 18.2 Å². The van der Waals surface area contributed by atoms with Gasteiger partial charge in [-0.15, -0.1) is 0 Å². The molecule has 1 amide bonds. The Bertz CT molecular complexity index is 642. The predicted octanol–water partition coefficient (Wildman–Crippen LogP) is 2.58. The predicted molar refractivity (Wildman–Crippen MR) is 81.7 cm³/mol. The summed E-state index contributed by atoms with van der Waals surface area (Å²) in [5, 5.41) is 2.63. The zero-order valence-electron chi connectivity index (χ0n) is 10.6. The van der Waals surface area contributed by atoms with Crippen LogP contribution >= 0.6 is 15.9 Å². The number of ketones is 1. The molecule has 0 aliphatic carbocycles. The van der Waals surface area contributed by atoms with E-state index < -0.39 is 0 Å². The highest BCUT2D eigenvalue weighted by molar-refractivity contribution is 9.10. The number of hydrogen-bond donors (Lipinski definition) is 2. The lowest BCUT2D eigenvalue weighted by atomic mass is 10.0. The van der Waals surface area contributed by atoms with Crippen LogP contribution in [0.25, 0.3) is 0 Å². The number of nitrogens with one attached hydrogen (secondary N) is 1. The molecule has 2 aromatic rings. The van der Waals surface area contributed by atoms with E-state index in [2.05, 4.69) is 21.2 Å². The lowest BCUT2D eigenvalue weighted by Gasteiger charge is -2.10. The molecule has 0 fully saturated rings. The quantitative estimate of drug-likeness (QED) is 0.845. The molecule has 0 spiro atoms. The highest BCUT2D eigenvalue weighted by atomic mass is 79.9. The van der Waals surface area contributed by atoms with Crippen LogP contribution in [0.4, 0.5) is 5.69 Å². The topological polar surface area (TPSA) is 72.2 Å². The fourth-order valence-electron chi connectivity index (χ4n) is 1.76. The number of nitrogens with two attached hydrogens (primary N) is 1. The van der Waals surface area contributed by atoms with Crippen molar-refractivity contribution in [2.45, 2.75) is 0 Å². The zero-order valence-corrected chi connectivity index (χ0v) is 12.2. The minimum absolute atomic E-state index is 0.130. The van der Waals surface area contributed by atoms with Crippen LogP contribution in [0.2, 0.25) is 0 Å².